The molecule has 1 saturated carbocycles. The van der Waals surface area contributed by atoms with Gasteiger partial charge in [-0.25, -0.2) is 0 Å². The third kappa shape index (κ3) is 3.41. The number of carbonyl (C=O) groups excluding carboxylic acids is 1. The van der Waals surface area contributed by atoms with Gasteiger partial charge in [0.25, 0.3) is 0 Å². The molecule has 3 rings (SSSR count). The van der Waals surface area contributed by atoms with Crippen LogP contribution in [0.2, 0.25) is 0 Å². The average molecular weight is 309 g/mol. The van der Waals surface area contributed by atoms with E-state index in [4.69, 9.17) is 5.73 Å². The van der Waals surface area contributed by atoms with Crippen molar-refractivity contribution in [2.75, 3.05) is 5.32 Å². The average Bonchev–Trinajstić information content (AvgIpc) is 2.48. The van der Waals surface area contributed by atoms with Gasteiger partial charge in [-0.05, 0) is 55.7 Å². The summed E-state index contributed by atoms with van der Waals surface area (Å²) < 4.78 is 0. The molecule has 0 saturated heterocycles. The molecule has 0 aromatic heterocycles. The highest BCUT2D eigenvalue weighted by atomic mass is 35.5. The number of nitrogens with one attached hydrogen (secondary N) is 1. The summed E-state index contributed by atoms with van der Waals surface area (Å²) in [7, 11) is 0. The number of hydrogen-bond acceptors (Lipinski definition) is 2. The van der Waals surface area contributed by atoms with Crippen molar-refractivity contribution in [2.24, 2.45) is 5.73 Å². The normalized spacial score (nSPS) is 20.0. The second kappa shape index (κ2) is 6.80. The van der Waals surface area contributed by atoms with E-state index in [1.165, 1.54) is 30.4 Å². The molecule has 21 heavy (non-hydrogen) atoms. The molecule has 0 bridgehead atoms. The van der Waals surface area contributed by atoms with Crippen molar-refractivity contribution in [1.82, 2.24) is 0 Å². The molecule has 0 aliphatic heterocycles. The fraction of sp³-hybridized carbons (Fsp3) is 0.588. The fourth-order valence-corrected chi connectivity index (χ4v) is 3.55. The third-order valence-corrected chi connectivity index (χ3v) is 4.84. The van der Waals surface area contributed by atoms with Gasteiger partial charge >= 0.3 is 0 Å². The summed E-state index contributed by atoms with van der Waals surface area (Å²) in [5.41, 5.74) is 9.36. The van der Waals surface area contributed by atoms with Crippen LogP contribution in [-0.4, -0.2) is 11.4 Å². The molecule has 0 heterocycles. The van der Waals surface area contributed by atoms with Crippen molar-refractivity contribution in [1.29, 1.82) is 0 Å². The lowest BCUT2D eigenvalue weighted by Crippen LogP contribution is -2.52. The number of amides is 1. The predicted octanol–water partition coefficient (Wildman–Crippen LogP) is 3.59. The predicted molar refractivity (Wildman–Crippen MR) is 89.0 cm³/mol. The zero-order valence-corrected chi connectivity index (χ0v) is 13.3. The van der Waals surface area contributed by atoms with Crippen molar-refractivity contribution in [2.45, 2.75) is 63.3 Å². The van der Waals surface area contributed by atoms with Crippen LogP contribution in [0.15, 0.2) is 18.2 Å². The van der Waals surface area contributed by atoms with Crippen LogP contribution in [0.4, 0.5) is 5.69 Å². The number of halogens is 1. The van der Waals surface area contributed by atoms with Crippen molar-refractivity contribution >= 4 is 24.0 Å². The smallest absolute Gasteiger partial charge is 0.244 e. The van der Waals surface area contributed by atoms with Crippen LogP contribution in [0.5, 0.6) is 0 Å². The molecule has 3 N–H and O–H groups in total. The summed E-state index contributed by atoms with van der Waals surface area (Å²) in [6.45, 7) is 0. The Balaban J connectivity index is 0.00000161. The highest BCUT2D eigenvalue weighted by molar-refractivity contribution is 5.98. The first-order chi connectivity index (χ1) is 9.69. The van der Waals surface area contributed by atoms with E-state index < -0.39 is 5.54 Å². The van der Waals surface area contributed by atoms with E-state index in [1.807, 2.05) is 12.1 Å². The topological polar surface area (TPSA) is 55.1 Å². The lowest BCUT2D eigenvalue weighted by Gasteiger charge is -2.32. The summed E-state index contributed by atoms with van der Waals surface area (Å²) in [4.78, 5) is 12.5. The monoisotopic (exact) mass is 308 g/mol. The van der Waals surface area contributed by atoms with Gasteiger partial charge in [0.2, 0.25) is 5.91 Å². The minimum Gasteiger partial charge on any atom is -0.324 e. The maximum atomic E-state index is 12.5. The molecule has 1 fully saturated rings. The lowest BCUT2D eigenvalue weighted by atomic mass is 9.81. The Hall–Kier alpha value is -1.06. The summed E-state index contributed by atoms with van der Waals surface area (Å²) in [5.74, 6) is 0.0103. The minimum atomic E-state index is -0.657. The SMILES string of the molecule is Cl.NC1(C(=O)Nc2cccc3c2CCCC3)CCCCC1. The summed E-state index contributed by atoms with van der Waals surface area (Å²) in [6.07, 6.45) is 9.64. The van der Waals surface area contributed by atoms with Gasteiger partial charge in [-0.2, -0.15) is 0 Å². The van der Waals surface area contributed by atoms with Crippen LogP contribution in [0.25, 0.3) is 0 Å². The Kier molecular flexibility index (Phi) is 5.28. The zero-order chi connectivity index (χ0) is 14.0. The van der Waals surface area contributed by atoms with E-state index in [-0.39, 0.29) is 18.3 Å². The molecule has 2 aliphatic rings. The summed E-state index contributed by atoms with van der Waals surface area (Å²) in [6, 6.07) is 6.25. The number of fused-ring (bicyclic) bond motifs is 1. The van der Waals surface area contributed by atoms with Crippen LogP contribution in [0.3, 0.4) is 0 Å². The molecule has 1 aromatic rings. The maximum Gasteiger partial charge on any atom is 0.244 e. The van der Waals surface area contributed by atoms with Gasteiger partial charge in [-0.3, -0.25) is 4.79 Å². The first kappa shape index (κ1) is 16.3. The van der Waals surface area contributed by atoms with E-state index in [0.29, 0.717) is 0 Å². The molecule has 116 valence electrons. The molecule has 0 radical (unpaired) electrons. The minimum absolute atomic E-state index is 0. The second-order valence-corrected chi connectivity index (χ2v) is 6.32. The number of benzene rings is 1. The van der Waals surface area contributed by atoms with Crippen molar-refractivity contribution < 1.29 is 4.79 Å². The van der Waals surface area contributed by atoms with Crippen LogP contribution in [0.1, 0.15) is 56.1 Å². The molecule has 0 spiro atoms. The van der Waals surface area contributed by atoms with Crippen LogP contribution >= 0.6 is 12.4 Å². The first-order valence-electron chi connectivity index (χ1n) is 7.90. The van der Waals surface area contributed by atoms with Crippen LogP contribution in [0, 0.1) is 0 Å². The molecular weight excluding hydrogens is 284 g/mol. The summed E-state index contributed by atoms with van der Waals surface area (Å²) in [5, 5.41) is 3.12. The van der Waals surface area contributed by atoms with Crippen molar-refractivity contribution in [3.8, 4) is 0 Å². The highest BCUT2D eigenvalue weighted by Crippen LogP contribution is 2.31. The Labute approximate surface area is 133 Å². The van der Waals surface area contributed by atoms with E-state index in [1.54, 1.807) is 0 Å². The maximum absolute atomic E-state index is 12.5. The van der Waals surface area contributed by atoms with Gasteiger partial charge in [0, 0.05) is 5.69 Å². The van der Waals surface area contributed by atoms with Gasteiger partial charge in [-0.1, -0.05) is 31.4 Å². The number of carbonyl (C=O) groups is 1. The van der Waals surface area contributed by atoms with E-state index in [0.717, 1.165) is 44.2 Å². The molecule has 1 aromatic carbocycles. The van der Waals surface area contributed by atoms with Gasteiger partial charge in [0.1, 0.15) is 0 Å². The summed E-state index contributed by atoms with van der Waals surface area (Å²) >= 11 is 0. The number of rotatable bonds is 2. The lowest BCUT2D eigenvalue weighted by molar-refractivity contribution is -0.122. The van der Waals surface area contributed by atoms with E-state index in [9.17, 15) is 4.79 Å². The Morgan fingerprint density at radius 3 is 2.52 bits per heavy atom. The van der Waals surface area contributed by atoms with Gasteiger partial charge in [-0.15, -0.1) is 12.4 Å². The Morgan fingerprint density at radius 1 is 1.05 bits per heavy atom. The number of nitrogens with two attached hydrogens (primary N) is 1. The standard InChI is InChI=1S/C17H24N2O.ClH/c18-17(11-4-1-5-12-17)16(20)19-15-10-6-8-13-7-2-3-9-14(13)15;/h6,8,10H,1-5,7,9,11-12,18H2,(H,19,20);1H. The molecule has 0 atom stereocenters. The van der Waals surface area contributed by atoms with Crippen molar-refractivity contribution in [3.05, 3.63) is 29.3 Å². The Morgan fingerprint density at radius 2 is 1.76 bits per heavy atom. The highest BCUT2D eigenvalue weighted by Gasteiger charge is 2.35. The molecule has 4 heteroatoms. The first-order valence-corrected chi connectivity index (χ1v) is 7.90. The van der Waals surface area contributed by atoms with E-state index >= 15 is 0 Å². The molecule has 0 unspecified atom stereocenters. The number of hydrogen-bond donors (Lipinski definition) is 2. The third-order valence-electron chi connectivity index (χ3n) is 4.84. The second-order valence-electron chi connectivity index (χ2n) is 6.32. The van der Waals surface area contributed by atoms with Crippen LogP contribution < -0.4 is 11.1 Å². The zero-order valence-electron chi connectivity index (χ0n) is 12.5. The molecular formula is C17H25ClN2O. The quantitative estimate of drug-likeness (QED) is 0.877. The van der Waals surface area contributed by atoms with Crippen LogP contribution in [-0.2, 0) is 17.6 Å². The number of anilines is 1. The molecule has 3 nitrogen and oxygen atoms in total. The van der Waals surface area contributed by atoms with Crippen molar-refractivity contribution in [3.63, 3.8) is 0 Å². The largest absolute Gasteiger partial charge is 0.324 e. The van der Waals surface area contributed by atoms with E-state index in [2.05, 4.69) is 11.4 Å². The number of aryl methyl sites for hydroxylation is 1. The molecule has 2 aliphatic carbocycles. The van der Waals surface area contributed by atoms with Gasteiger partial charge < -0.3 is 11.1 Å². The van der Waals surface area contributed by atoms with Gasteiger partial charge in [0.05, 0.1) is 5.54 Å². The van der Waals surface area contributed by atoms with Gasteiger partial charge in [0.15, 0.2) is 0 Å². The molecule has 1 amide bonds. The fourth-order valence-electron chi connectivity index (χ4n) is 3.55. The Bertz CT molecular complexity index is 510.